The molecule has 0 unspecified atom stereocenters. The predicted octanol–water partition coefficient (Wildman–Crippen LogP) is 3.26. The van der Waals surface area contributed by atoms with Crippen LogP contribution in [0.3, 0.4) is 0 Å². The average Bonchev–Trinajstić information content (AvgIpc) is 3.30. The molecule has 24 heavy (non-hydrogen) atoms. The Labute approximate surface area is 143 Å². The van der Waals surface area contributed by atoms with Crippen molar-refractivity contribution in [2.75, 3.05) is 11.4 Å². The Hall–Kier alpha value is -1.84. The molecule has 3 aliphatic rings. The van der Waals surface area contributed by atoms with Gasteiger partial charge < -0.3 is 10.2 Å². The minimum Gasteiger partial charge on any atom is -0.352 e. The summed E-state index contributed by atoms with van der Waals surface area (Å²) in [6, 6.07) is 8.00. The fourth-order valence-corrected chi connectivity index (χ4v) is 4.85. The molecule has 4 rings (SSSR count). The van der Waals surface area contributed by atoms with Gasteiger partial charge in [-0.1, -0.05) is 18.6 Å². The van der Waals surface area contributed by atoms with Gasteiger partial charge in [0.05, 0.1) is 0 Å². The zero-order valence-corrected chi connectivity index (χ0v) is 14.2. The van der Waals surface area contributed by atoms with Crippen LogP contribution in [0.25, 0.3) is 0 Å². The standard InChI is InChI=1S/C20H26N2O2/c23-19(12-17-11-15-3-6-16(17)10-15)21-13-14-4-7-18(8-5-14)22-9-1-2-20(22)24/h4-5,7-8,15-17H,1-3,6,9-13H2,(H,21,23)/t15-,16+,17-/m0/s1. The van der Waals surface area contributed by atoms with Crippen molar-refractivity contribution in [2.24, 2.45) is 17.8 Å². The molecule has 1 aliphatic heterocycles. The van der Waals surface area contributed by atoms with Gasteiger partial charge in [-0.3, -0.25) is 9.59 Å². The molecule has 1 N–H and O–H groups in total. The summed E-state index contributed by atoms with van der Waals surface area (Å²) in [6.45, 7) is 1.40. The zero-order chi connectivity index (χ0) is 16.5. The Morgan fingerprint density at radius 1 is 1.17 bits per heavy atom. The van der Waals surface area contributed by atoms with E-state index in [2.05, 4.69) is 5.32 Å². The summed E-state index contributed by atoms with van der Waals surface area (Å²) in [5.41, 5.74) is 2.06. The first-order chi connectivity index (χ1) is 11.7. The van der Waals surface area contributed by atoms with Crippen molar-refractivity contribution in [3.05, 3.63) is 29.8 Å². The smallest absolute Gasteiger partial charge is 0.227 e. The third-order valence-corrected chi connectivity index (χ3v) is 6.14. The van der Waals surface area contributed by atoms with Crippen LogP contribution >= 0.6 is 0 Å². The number of carbonyl (C=O) groups excluding carboxylic acids is 2. The van der Waals surface area contributed by atoms with E-state index < -0.39 is 0 Å². The number of anilines is 1. The maximum atomic E-state index is 12.2. The molecule has 3 fully saturated rings. The molecule has 0 spiro atoms. The zero-order valence-electron chi connectivity index (χ0n) is 14.2. The van der Waals surface area contributed by atoms with Gasteiger partial charge in [0, 0.05) is 31.6 Å². The molecule has 0 radical (unpaired) electrons. The first-order valence-electron chi connectivity index (χ1n) is 9.35. The topological polar surface area (TPSA) is 49.4 Å². The van der Waals surface area contributed by atoms with Crippen LogP contribution in [0, 0.1) is 17.8 Å². The lowest BCUT2D eigenvalue weighted by molar-refractivity contribution is -0.122. The Kier molecular flexibility index (Phi) is 4.30. The molecule has 3 atom stereocenters. The van der Waals surface area contributed by atoms with E-state index in [1.165, 1.54) is 25.7 Å². The third kappa shape index (κ3) is 3.19. The van der Waals surface area contributed by atoms with Crippen molar-refractivity contribution in [3.8, 4) is 0 Å². The Balaban J connectivity index is 1.26. The van der Waals surface area contributed by atoms with E-state index in [0.29, 0.717) is 25.3 Å². The number of hydrogen-bond acceptors (Lipinski definition) is 2. The number of hydrogen-bond donors (Lipinski definition) is 1. The Morgan fingerprint density at radius 2 is 2.00 bits per heavy atom. The van der Waals surface area contributed by atoms with Crippen molar-refractivity contribution in [1.82, 2.24) is 5.32 Å². The van der Waals surface area contributed by atoms with E-state index in [1.54, 1.807) is 0 Å². The van der Waals surface area contributed by atoms with Gasteiger partial charge in [-0.05, 0) is 61.1 Å². The quantitative estimate of drug-likeness (QED) is 0.903. The van der Waals surface area contributed by atoms with Gasteiger partial charge in [-0.15, -0.1) is 0 Å². The molecule has 2 amide bonds. The molecule has 2 aliphatic carbocycles. The first kappa shape index (κ1) is 15.7. The Bertz CT molecular complexity index is 625. The summed E-state index contributed by atoms with van der Waals surface area (Å²) < 4.78 is 0. The molecule has 1 aromatic rings. The van der Waals surface area contributed by atoms with Crippen LogP contribution < -0.4 is 10.2 Å². The van der Waals surface area contributed by atoms with Crippen LogP contribution in [0.2, 0.25) is 0 Å². The molecular formula is C20H26N2O2. The fraction of sp³-hybridized carbons (Fsp3) is 0.600. The summed E-state index contributed by atoms with van der Waals surface area (Å²) >= 11 is 0. The monoisotopic (exact) mass is 326 g/mol. The van der Waals surface area contributed by atoms with E-state index in [4.69, 9.17) is 0 Å². The number of carbonyl (C=O) groups is 2. The van der Waals surface area contributed by atoms with Crippen LogP contribution in [0.4, 0.5) is 5.69 Å². The molecule has 4 nitrogen and oxygen atoms in total. The maximum absolute atomic E-state index is 12.2. The summed E-state index contributed by atoms with van der Waals surface area (Å²) in [5, 5.41) is 3.06. The van der Waals surface area contributed by atoms with E-state index >= 15 is 0 Å². The highest BCUT2D eigenvalue weighted by Gasteiger charge is 2.40. The summed E-state index contributed by atoms with van der Waals surface area (Å²) in [6.07, 6.45) is 7.63. The molecular weight excluding hydrogens is 300 g/mol. The van der Waals surface area contributed by atoms with E-state index in [0.717, 1.165) is 36.1 Å². The lowest BCUT2D eigenvalue weighted by Gasteiger charge is -2.21. The summed E-state index contributed by atoms with van der Waals surface area (Å²) in [5.74, 6) is 2.72. The summed E-state index contributed by atoms with van der Waals surface area (Å²) in [7, 11) is 0. The minimum atomic E-state index is 0.186. The highest BCUT2D eigenvalue weighted by Crippen LogP contribution is 2.49. The van der Waals surface area contributed by atoms with Crippen LogP contribution in [-0.2, 0) is 16.1 Å². The van der Waals surface area contributed by atoms with Crippen LogP contribution in [0.5, 0.6) is 0 Å². The van der Waals surface area contributed by atoms with E-state index in [1.807, 2.05) is 29.2 Å². The molecule has 4 heteroatoms. The van der Waals surface area contributed by atoms with Crippen molar-refractivity contribution < 1.29 is 9.59 Å². The number of rotatable bonds is 5. The second-order valence-corrected chi connectivity index (χ2v) is 7.73. The second-order valence-electron chi connectivity index (χ2n) is 7.73. The molecule has 1 aromatic carbocycles. The average molecular weight is 326 g/mol. The molecule has 128 valence electrons. The van der Waals surface area contributed by atoms with Gasteiger partial charge in [0.1, 0.15) is 0 Å². The van der Waals surface area contributed by atoms with Gasteiger partial charge in [-0.2, -0.15) is 0 Å². The molecule has 2 bridgehead atoms. The largest absolute Gasteiger partial charge is 0.352 e. The lowest BCUT2D eigenvalue weighted by atomic mass is 9.86. The molecule has 2 saturated carbocycles. The number of nitrogens with one attached hydrogen (secondary N) is 1. The van der Waals surface area contributed by atoms with E-state index in [9.17, 15) is 9.59 Å². The highest BCUT2D eigenvalue weighted by molar-refractivity contribution is 5.95. The third-order valence-electron chi connectivity index (χ3n) is 6.14. The number of benzene rings is 1. The van der Waals surface area contributed by atoms with Gasteiger partial charge in [0.2, 0.25) is 11.8 Å². The SMILES string of the molecule is O=C(C[C@@H]1C[C@H]2CC[C@@H]1C2)NCc1ccc(N2CCCC2=O)cc1. The molecule has 1 saturated heterocycles. The number of amides is 2. The predicted molar refractivity (Wildman–Crippen MR) is 93.4 cm³/mol. The number of nitrogens with zero attached hydrogens (tertiary/aromatic N) is 1. The van der Waals surface area contributed by atoms with Crippen LogP contribution in [0.1, 0.15) is 50.5 Å². The minimum absolute atomic E-state index is 0.186. The van der Waals surface area contributed by atoms with Gasteiger partial charge in [0.15, 0.2) is 0 Å². The van der Waals surface area contributed by atoms with Crippen molar-refractivity contribution in [2.45, 2.75) is 51.5 Å². The summed E-state index contributed by atoms with van der Waals surface area (Å²) in [4.78, 5) is 25.8. The number of fused-ring (bicyclic) bond motifs is 2. The molecule has 0 aromatic heterocycles. The fourth-order valence-electron chi connectivity index (χ4n) is 4.85. The second kappa shape index (κ2) is 6.58. The normalized spacial score (nSPS) is 28.6. The van der Waals surface area contributed by atoms with Gasteiger partial charge in [0.25, 0.3) is 0 Å². The lowest BCUT2D eigenvalue weighted by Crippen LogP contribution is -2.27. The van der Waals surface area contributed by atoms with Crippen molar-refractivity contribution >= 4 is 17.5 Å². The maximum Gasteiger partial charge on any atom is 0.227 e. The van der Waals surface area contributed by atoms with Crippen LogP contribution in [-0.4, -0.2) is 18.4 Å². The van der Waals surface area contributed by atoms with Crippen LogP contribution in [0.15, 0.2) is 24.3 Å². The van der Waals surface area contributed by atoms with Gasteiger partial charge in [-0.25, -0.2) is 0 Å². The van der Waals surface area contributed by atoms with Crippen molar-refractivity contribution in [3.63, 3.8) is 0 Å². The Morgan fingerprint density at radius 3 is 2.62 bits per heavy atom. The highest BCUT2D eigenvalue weighted by atomic mass is 16.2. The van der Waals surface area contributed by atoms with E-state index in [-0.39, 0.29) is 11.8 Å². The van der Waals surface area contributed by atoms with Crippen molar-refractivity contribution in [1.29, 1.82) is 0 Å². The molecule has 1 heterocycles. The first-order valence-corrected chi connectivity index (χ1v) is 9.35. The van der Waals surface area contributed by atoms with Gasteiger partial charge >= 0.3 is 0 Å².